The van der Waals surface area contributed by atoms with E-state index in [-0.39, 0.29) is 23.5 Å². The molecule has 1 unspecified atom stereocenters. The van der Waals surface area contributed by atoms with Crippen LogP contribution in [0.15, 0.2) is 48.5 Å². The van der Waals surface area contributed by atoms with Crippen molar-refractivity contribution in [1.29, 1.82) is 0 Å². The van der Waals surface area contributed by atoms with Gasteiger partial charge in [0.1, 0.15) is 6.29 Å². The number of fused-ring (bicyclic) bond motifs is 2. The molecule has 0 aliphatic carbocycles. The topological polar surface area (TPSA) is 67.9 Å². The lowest BCUT2D eigenvalue weighted by Crippen LogP contribution is -2.37. The number of nitrogens with one attached hydrogen (secondary N) is 1. The van der Waals surface area contributed by atoms with Gasteiger partial charge in [0.05, 0.1) is 17.8 Å². The average molecular weight is 507 g/mol. The van der Waals surface area contributed by atoms with Crippen molar-refractivity contribution in [2.45, 2.75) is 64.7 Å². The largest absolute Gasteiger partial charge is 0.379 e. The van der Waals surface area contributed by atoms with Crippen LogP contribution in [-0.4, -0.2) is 50.2 Å². The molecule has 2 aromatic carbocycles. The van der Waals surface area contributed by atoms with Crippen LogP contribution in [0.3, 0.4) is 0 Å². The summed E-state index contributed by atoms with van der Waals surface area (Å²) in [7, 11) is 1.70. The van der Waals surface area contributed by atoms with Crippen LogP contribution in [0.25, 0.3) is 12.2 Å². The zero-order valence-corrected chi connectivity index (χ0v) is 23.0. The molecule has 1 amide bonds. The molecule has 2 aromatic rings. The highest BCUT2D eigenvalue weighted by molar-refractivity contribution is 5.81. The van der Waals surface area contributed by atoms with Gasteiger partial charge < -0.3 is 24.5 Å². The number of hydrogen-bond donors (Lipinski definition) is 1. The van der Waals surface area contributed by atoms with Gasteiger partial charge in [0, 0.05) is 44.8 Å². The van der Waals surface area contributed by atoms with Crippen LogP contribution in [0.2, 0.25) is 0 Å². The molecule has 6 nitrogen and oxygen atoms in total. The van der Waals surface area contributed by atoms with Crippen molar-refractivity contribution in [1.82, 2.24) is 5.32 Å². The van der Waals surface area contributed by atoms with Gasteiger partial charge in [0.25, 0.3) is 0 Å². The number of aldehydes is 1. The lowest BCUT2D eigenvalue weighted by molar-refractivity contribution is -0.124. The third-order valence-electron chi connectivity index (χ3n) is 7.03. The highest BCUT2D eigenvalue weighted by Crippen LogP contribution is 2.29. The molecule has 6 heteroatoms. The second kappa shape index (κ2) is 13.0. The summed E-state index contributed by atoms with van der Waals surface area (Å²) in [6.45, 7) is 10.4. The number of carbonyl (C=O) groups is 2. The fourth-order valence-electron chi connectivity index (χ4n) is 4.39. The summed E-state index contributed by atoms with van der Waals surface area (Å²) in [5.41, 5.74) is 3.94. The van der Waals surface area contributed by atoms with Crippen molar-refractivity contribution in [3.05, 3.63) is 65.2 Å². The van der Waals surface area contributed by atoms with Gasteiger partial charge in [0.15, 0.2) is 0 Å². The normalized spacial score (nSPS) is 15.1. The number of amides is 1. The van der Waals surface area contributed by atoms with Gasteiger partial charge in [0.2, 0.25) is 5.91 Å². The summed E-state index contributed by atoms with van der Waals surface area (Å²) in [4.78, 5) is 27.0. The maximum atomic E-state index is 12.7. The molecule has 0 saturated heterocycles. The second-order valence-corrected chi connectivity index (χ2v) is 11.0. The first-order chi connectivity index (χ1) is 17.6. The van der Waals surface area contributed by atoms with Crippen LogP contribution in [-0.2, 0) is 25.6 Å². The first kappa shape index (κ1) is 28.6. The van der Waals surface area contributed by atoms with E-state index in [4.69, 9.17) is 9.47 Å². The van der Waals surface area contributed by atoms with E-state index in [2.05, 4.69) is 46.6 Å². The molecule has 200 valence electrons. The fraction of sp³-hybridized carbons (Fsp3) is 0.484. The standard InChI is InChI=1S/C31H42N2O4/c1-30(2,36-5)17-19-37-31(3,4)16-18-32-29(35)20-24(23-34)21-33-22-27-12-7-6-10-25(27)14-15-26-11-8-9-13-28(26)33/h6-15,23-24H,16-22H2,1-5H3,(H,32,35)/b15-14-. The molecule has 3 rings (SSSR count). The minimum absolute atomic E-state index is 0.117. The maximum Gasteiger partial charge on any atom is 0.220 e. The molecule has 0 aromatic heterocycles. The van der Waals surface area contributed by atoms with Crippen LogP contribution in [0.1, 0.15) is 63.6 Å². The fourth-order valence-corrected chi connectivity index (χ4v) is 4.39. The Morgan fingerprint density at radius 3 is 2.41 bits per heavy atom. The number of methoxy groups -OCH3 is 1. The Hall–Kier alpha value is -2.96. The Balaban J connectivity index is 1.55. The maximum absolute atomic E-state index is 12.7. The van der Waals surface area contributed by atoms with Crippen molar-refractivity contribution in [2.75, 3.05) is 31.7 Å². The first-order valence-electron chi connectivity index (χ1n) is 13.1. The van der Waals surface area contributed by atoms with Gasteiger partial charge in [-0.1, -0.05) is 54.6 Å². The van der Waals surface area contributed by atoms with Crippen molar-refractivity contribution >= 4 is 30.0 Å². The summed E-state index contributed by atoms with van der Waals surface area (Å²) in [6.07, 6.45) is 6.79. The van der Waals surface area contributed by atoms with Crippen molar-refractivity contribution in [3.63, 3.8) is 0 Å². The molecule has 0 bridgehead atoms. The van der Waals surface area contributed by atoms with Crippen LogP contribution < -0.4 is 10.2 Å². The van der Waals surface area contributed by atoms with Gasteiger partial charge in [-0.05, 0) is 63.3 Å². The minimum Gasteiger partial charge on any atom is -0.379 e. The predicted octanol–water partition coefficient (Wildman–Crippen LogP) is 5.50. The van der Waals surface area contributed by atoms with Gasteiger partial charge in [-0.15, -0.1) is 0 Å². The molecule has 0 spiro atoms. The Morgan fingerprint density at radius 2 is 1.68 bits per heavy atom. The van der Waals surface area contributed by atoms with E-state index in [0.29, 0.717) is 32.7 Å². The predicted molar refractivity (Wildman–Crippen MR) is 150 cm³/mol. The summed E-state index contributed by atoms with van der Waals surface area (Å²) < 4.78 is 11.5. The second-order valence-electron chi connectivity index (χ2n) is 11.0. The Bertz CT molecular complexity index is 1080. The average Bonchev–Trinajstić information content (AvgIpc) is 2.86. The number of carbonyl (C=O) groups excluding carboxylic acids is 2. The quantitative estimate of drug-likeness (QED) is 0.364. The van der Waals surface area contributed by atoms with Gasteiger partial charge in [-0.3, -0.25) is 4.79 Å². The summed E-state index contributed by atoms with van der Waals surface area (Å²) >= 11 is 0. The molecule has 0 saturated carbocycles. The molecule has 0 fully saturated rings. The Morgan fingerprint density at radius 1 is 1.00 bits per heavy atom. The van der Waals surface area contributed by atoms with Crippen LogP contribution in [0, 0.1) is 5.92 Å². The molecule has 1 N–H and O–H groups in total. The van der Waals surface area contributed by atoms with E-state index in [9.17, 15) is 9.59 Å². The summed E-state index contributed by atoms with van der Waals surface area (Å²) in [5.74, 6) is -0.529. The minimum atomic E-state index is -0.413. The van der Waals surface area contributed by atoms with E-state index in [1.54, 1.807) is 7.11 Å². The molecule has 1 heterocycles. The van der Waals surface area contributed by atoms with Crippen LogP contribution in [0.5, 0.6) is 0 Å². The number of hydrogen-bond acceptors (Lipinski definition) is 5. The highest BCUT2D eigenvalue weighted by atomic mass is 16.5. The highest BCUT2D eigenvalue weighted by Gasteiger charge is 2.24. The van der Waals surface area contributed by atoms with Crippen molar-refractivity contribution in [3.8, 4) is 0 Å². The number of anilines is 1. The lowest BCUT2D eigenvalue weighted by atomic mass is 9.99. The molecular weight excluding hydrogens is 464 g/mol. The number of nitrogens with zero attached hydrogens (tertiary/aromatic N) is 1. The third-order valence-corrected chi connectivity index (χ3v) is 7.03. The molecule has 1 aliphatic heterocycles. The Labute approximate surface area is 222 Å². The number of benzene rings is 2. The lowest BCUT2D eigenvalue weighted by Gasteiger charge is -2.31. The van der Waals surface area contributed by atoms with E-state index >= 15 is 0 Å². The van der Waals surface area contributed by atoms with Crippen LogP contribution in [0.4, 0.5) is 5.69 Å². The SMILES string of the molecule is COC(C)(C)CCOC(C)(C)CCNC(=O)CC(C=O)CN1Cc2ccccc2/C=C\c2ccccc21. The Kier molecular flexibility index (Phi) is 10.1. The van der Waals surface area contributed by atoms with Crippen molar-refractivity contribution in [2.24, 2.45) is 5.92 Å². The molecule has 37 heavy (non-hydrogen) atoms. The molecule has 1 atom stereocenters. The third kappa shape index (κ3) is 8.83. The summed E-state index contributed by atoms with van der Waals surface area (Å²) in [6, 6.07) is 16.5. The van der Waals surface area contributed by atoms with E-state index in [1.165, 1.54) is 5.56 Å². The van der Waals surface area contributed by atoms with Gasteiger partial charge in [-0.2, -0.15) is 0 Å². The number of para-hydroxylation sites is 1. The molecule has 1 aliphatic rings. The molecule has 0 radical (unpaired) electrons. The van der Waals surface area contributed by atoms with Crippen molar-refractivity contribution < 1.29 is 19.1 Å². The van der Waals surface area contributed by atoms with Crippen LogP contribution >= 0.6 is 0 Å². The zero-order chi connectivity index (χ0) is 26.9. The van der Waals surface area contributed by atoms with Gasteiger partial charge >= 0.3 is 0 Å². The molecular formula is C31H42N2O4. The van der Waals surface area contributed by atoms with E-state index in [0.717, 1.165) is 29.5 Å². The number of ether oxygens (including phenoxy) is 2. The van der Waals surface area contributed by atoms with E-state index in [1.807, 2.05) is 52.0 Å². The van der Waals surface area contributed by atoms with E-state index < -0.39 is 5.92 Å². The zero-order valence-electron chi connectivity index (χ0n) is 23.0. The summed E-state index contributed by atoms with van der Waals surface area (Å²) in [5, 5.41) is 2.98. The van der Waals surface area contributed by atoms with Gasteiger partial charge in [-0.25, -0.2) is 0 Å². The smallest absolute Gasteiger partial charge is 0.220 e. The first-order valence-corrected chi connectivity index (χ1v) is 13.1. The monoisotopic (exact) mass is 506 g/mol. The number of rotatable bonds is 13.